The molecule has 3 rings (SSSR count). The summed E-state index contributed by atoms with van der Waals surface area (Å²) in [5.74, 6) is -0.119. The van der Waals surface area contributed by atoms with Crippen molar-refractivity contribution in [3.8, 4) is 0 Å². The van der Waals surface area contributed by atoms with Crippen molar-refractivity contribution < 1.29 is 9.53 Å². The van der Waals surface area contributed by atoms with E-state index >= 15 is 0 Å². The fourth-order valence-corrected chi connectivity index (χ4v) is 4.17. The first-order valence-electron chi connectivity index (χ1n) is 9.95. The van der Waals surface area contributed by atoms with Gasteiger partial charge in [-0.25, -0.2) is 0 Å². The predicted molar refractivity (Wildman–Crippen MR) is 121 cm³/mol. The number of halogens is 2. The quantitative estimate of drug-likeness (QED) is 0.725. The van der Waals surface area contributed by atoms with Gasteiger partial charge < -0.3 is 20.7 Å². The number of carbonyl (C=O) groups excluding carboxylic acids is 1. The van der Waals surface area contributed by atoms with Crippen LogP contribution in [0.5, 0.6) is 0 Å². The van der Waals surface area contributed by atoms with Crippen LogP contribution in [-0.4, -0.2) is 37.2 Å². The zero-order valence-electron chi connectivity index (χ0n) is 17.2. The van der Waals surface area contributed by atoms with E-state index in [1.807, 2.05) is 32.9 Å². The molecule has 0 radical (unpaired) electrons. The highest BCUT2D eigenvalue weighted by atomic mass is 35.5. The maximum atomic E-state index is 12.9. The minimum atomic E-state index is -0.897. The fourth-order valence-electron chi connectivity index (χ4n) is 4.17. The molecule has 28 heavy (non-hydrogen) atoms. The third-order valence-electron chi connectivity index (χ3n) is 6.31. The molecule has 0 aromatic heterocycles. The Bertz CT molecular complexity index is 648. The number of nitrogens with zero attached hydrogens (tertiary/aromatic N) is 1. The highest BCUT2D eigenvalue weighted by molar-refractivity contribution is 6.00. The molecule has 2 atom stereocenters. The lowest BCUT2D eigenvalue weighted by Gasteiger charge is -2.57. The maximum absolute atomic E-state index is 12.9. The van der Waals surface area contributed by atoms with Gasteiger partial charge in [0, 0.05) is 42.9 Å². The van der Waals surface area contributed by atoms with E-state index in [-0.39, 0.29) is 42.2 Å². The SMILES string of the molecule is CCOC1CC(N)(C(=O)Nc2cccc(N3CCCCCC3)c2)C1(C)C.Cl.Cl. The molecule has 1 heterocycles. The molecule has 2 unspecified atom stereocenters. The number of hydrogen-bond donors (Lipinski definition) is 2. The first kappa shape index (κ1) is 25.0. The van der Waals surface area contributed by atoms with E-state index in [0.717, 1.165) is 18.8 Å². The molecular weight excluding hydrogens is 397 g/mol. The van der Waals surface area contributed by atoms with Crippen LogP contribution in [0.4, 0.5) is 11.4 Å². The summed E-state index contributed by atoms with van der Waals surface area (Å²) in [6.07, 6.45) is 5.67. The first-order valence-corrected chi connectivity index (χ1v) is 9.95. The van der Waals surface area contributed by atoms with E-state index in [1.54, 1.807) is 0 Å². The second-order valence-electron chi connectivity index (χ2n) is 8.25. The molecule has 1 aromatic carbocycles. The number of benzene rings is 1. The number of hydrogen-bond acceptors (Lipinski definition) is 4. The van der Waals surface area contributed by atoms with E-state index in [4.69, 9.17) is 10.5 Å². The molecule has 0 spiro atoms. The van der Waals surface area contributed by atoms with Crippen LogP contribution >= 0.6 is 24.8 Å². The third-order valence-corrected chi connectivity index (χ3v) is 6.31. The van der Waals surface area contributed by atoms with Gasteiger partial charge in [-0.1, -0.05) is 32.8 Å². The van der Waals surface area contributed by atoms with Crippen LogP contribution in [0.15, 0.2) is 24.3 Å². The van der Waals surface area contributed by atoms with Gasteiger partial charge in [-0.2, -0.15) is 0 Å². The second-order valence-corrected chi connectivity index (χ2v) is 8.25. The zero-order chi connectivity index (χ0) is 18.8. The Balaban J connectivity index is 0.00000196. The lowest BCUT2D eigenvalue weighted by Crippen LogP contribution is -2.74. The normalized spacial score (nSPS) is 26.1. The van der Waals surface area contributed by atoms with E-state index < -0.39 is 5.54 Å². The number of carbonyl (C=O) groups is 1. The molecule has 2 fully saturated rings. The Morgan fingerprint density at radius 2 is 1.86 bits per heavy atom. The molecule has 1 aromatic rings. The van der Waals surface area contributed by atoms with Gasteiger partial charge in [0.2, 0.25) is 5.91 Å². The highest BCUT2D eigenvalue weighted by Gasteiger charge is 2.62. The minimum Gasteiger partial charge on any atom is -0.378 e. The molecule has 1 aliphatic heterocycles. The van der Waals surface area contributed by atoms with E-state index in [1.165, 1.54) is 31.4 Å². The van der Waals surface area contributed by atoms with Crippen molar-refractivity contribution in [1.29, 1.82) is 0 Å². The second kappa shape index (κ2) is 10.1. The average Bonchev–Trinajstić information content (AvgIpc) is 2.91. The van der Waals surface area contributed by atoms with Gasteiger partial charge in [0.25, 0.3) is 0 Å². The molecular formula is C21H35Cl2N3O2. The molecule has 1 amide bonds. The number of nitrogens with two attached hydrogens (primary N) is 1. The van der Waals surface area contributed by atoms with Crippen molar-refractivity contribution in [3.05, 3.63) is 24.3 Å². The molecule has 1 saturated carbocycles. The number of amides is 1. The van der Waals surface area contributed by atoms with E-state index in [2.05, 4.69) is 22.3 Å². The summed E-state index contributed by atoms with van der Waals surface area (Å²) in [5, 5.41) is 3.05. The summed E-state index contributed by atoms with van der Waals surface area (Å²) >= 11 is 0. The van der Waals surface area contributed by atoms with Crippen LogP contribution in [0.25, 0.3) is 0 Å². The van der Waals surface area contributed by atoms with Gasteiger partial charge >= 0.3 is 0 Å². The summed E-state index contributed by atoms with van der Waals surface area (Å²) in [6, 6.07) is 8.14. The smallest absolute Gasteiger partial charge is 0.245 e. The average molecular weight is 432 g/mol. The van der Waals surface area contributed by atoms with Gasteiger partial charge in [-0.15, -0.1) is 24.8 Å². The Labute approximate surface area is 181 Å². The van der Waals surface area contributed by atoms with Crippen LogP contribution in [-0.2, 0) is 9.53 Å². The van der Waals surface area contributed by atoms with Crippen LogP contribution in [0.2, 0.25) is 0 Å². The summed E-state index contributed by atoms with van der Waals surface area (Å²) in [6.45, 7) is 8.82. The molecule has 160 valence electrons. The molecule has 5 nitrogen and oxygen atoms in total. The first-order chi connectivity index (χ1) is 12.4. The summed E-state index contributed by atoms with van der Waals surface area (Å²) in [4.78, 5) is 15.3. The highest BCUT2D eigenvalue weighted by Crippen LogP contribution is 2.50. The summed E-state index contributed by atoms with van der Waals surface area (Å²) in [5.41, 5.74) is 7.21. The largest absolute Gasteiger partial charge is 0.378 e. The molecule has 2 aliphatic rings. The number of nitrogens with one attached hydrogen (secondary N) is 1. The van der Waals surface area contributed by atoms with Crippen molar-refractivity contribution in [2.45, 2.75) is 64.5 Å². The standard InChI is InChI=1S/C21H33N3O2.2ClH/c1-4-26-18-15-21(22,20(18,2)3)19(25)23-16-10-9-11-17(14-16)24-12-7-5-6-8-13-24;;/h9-11,14,18H,4-8,12-13,15,22H2,1-3H3,(H,23,25);2*1H. The van der Waals surface area contributed by atoms with Gasteiger partial charge in [0.1, 0.15) is 5.54 Å². The van der Waals surface area contributed by atoms with Crippen LogP contribution in [0.1, 0.15) is 52.9 Å². The predicted octanol–water partition coefficient (Wildman–Crippen LogP) is 4.38. The maximum Gasteiger partial charge on any atom is 0.245 e. The molecule has 3 N–H and O–H groups in total. The summed E-state index contributed by atoms with van der Waals surface area (Å²) in [7, 11) is 0. The fraction of sp³-hybridized carbons (Fsp3) is 0.667. The lowest BCUT2D eigenvalue weighted by atomic mass is 9.54. The minimum absolute atomic E-state index is 0. The molecule has 1 saturated heterocycles. The lowest BCUT2D eigenvalue weighted by molar-refractivity contribution is -0.166. The van der Waals surface area contributed by atoms with Crippen LogP contribution < -0.4 is 16.0 Å². The Hall–Kier alpha value is -1.01. The van der Waals surface area contributed by atoms with Gasteiger partial charge in [-0.05, 0) is 38.0 Å². The van der Waals surface area contributed by atoms with Crippen molar-refractivity contribution in [2.24, 2.45) is 11.1 Å². The van der Waals surface area contributed by atoms with E-state index in [9.17, 15) is 4.79 Å². The van der Waals surface area contributed by atoms with Gasteiger partial charge in [-0.3, -0.25) is 4.79 Å². The zero-order valence-corrected chi connectivity index (χ0v) is 18.8. The van der Waals surface area contributed by atoms with Crippen LogP contribution in [0.3, 0.4) is 0 Å². The van der Waals surface area contributed by atoms with Crippen molar-refractivity contribution in [3.63, 3.8) is 0 Å². The Morgan fingerprint density at radius 1 is 1.21 bits per heavy atom. The van der Waals surface area contributed by atoms with Crippen LogP contribution in [0, 0.1) is 5.41 Å². The van der Waals surface area contributed by atoms with Gasteiger partial charge in [0.15, 0.2) is 0 Å². The number of ether oxygens (including phenoxy) is 1. The third kappa shape index (κ3) is 4.76. The molecule has 1 aliphatic carbocycles. The van der Waals surface area contributed by atoms with Gasteiger partial charge in [0.05, 0.1) is 6.10 Å². The van der Waals surface area contributed by atoms with Crippen molar-refractivity contribution in [1.82, 2.24) is 0 Å². The number of rotatable bonds is 5. The summed E-state index contributed by atoms with van der Waals surface area (Å²) < 4.78 is 5.73. The molecule has 0 bridgehead atoms. The molecule has 7 heteroatoms. The number of anilines is 2. The monoisotopic (exact) mass is 431 g/mol. The topological polar surface area (TPSA) is 67.6 Å². The van der Waals surface area contributed by atoms with Crippen molar-refractivity contribution in [2.75, 3.05) is 29.9 Å². The van der Waals surface area contributed by atoms with Crippen molar-refractivity contribution >= 4 is 42.1 Å². The Morgan fingerprint density at radius 3 is 2.43 bits per heavy atom. The van der Waals surface area contributed by atoms with E-state index in [0.29, 0.717) is 13.0 Å². The Kier molecular flexibility index (Phi) is 9.07.